The molecule has 0 spiro atoms. The zero-order valence-corrected chi connectivity index (χ0v) is 12.3. The van der Waals surface area contributed by atoms with Gasteiger partial charge < -0.3 is 18.6 Å². The van der Waals surface area contributed by atoms with Gasteiger partial charge in [-0.3, -0.25) is 0 Å². The molecule has 0 aliphatic rings. The molecule has 0 bridgehead atoms. The van der Waals surface area contributed by atoms with Crippen molar-refractivity contribution < 1.29 is 13.3 Å². The molecule has 0 saturated carbocycles. The molecule has 1 N–H and O–H groups in total. The Labute approximate surface area is 101 Å². The summed E-state index contributed by atoms with van der Waals surface area (Å²) >= 11 is 0. The molecule has 0 heterocycles. The summed E-state index contributed by atoms with van der Waals surface area (Å²) in [4.78, 5) is 0. The number of hydrogen-bond acceptors (Lipinski definition) is 4. The van der Waals surface area contributed by atoms with Gasteiger partial charge in [-0.05, 0) is 34.2 Å². The second kappa shape index (κ2) is 9.12. The molecule has 0 aromatic carbocycles. The average Bonchev–Trinajstić information content (AvgIpc) is 2.18. The van der Waals surface area contributed by atoms with Crippen LogP contribution in [-0.2, 0) is 13.3 Å². The minimum atomic E-state index is -2.46. The van der Waals surface area contributed by atoms with Gasteiger partial charge in [0, 0.05) is 31.9 Å². The molecular weight excluding hydrogens is 222 g/mol. The maximum atomic E-state index is 5.78. The quantitative estimate of drug-likeness (QED) is 0.601. The van der Waals surface area contributed by atoms with E-state index in [9.17, 15) is 0 Å². The first-order valence-electron chi connectivity index (χ1n) is 6.29. The molecule has 0 radical (unpaired) electrons. The van der Waals surface area contributed by atoms with Gasteiger partial charge in [0.2, 0.25) is 0 Å². The van der Waals surface area contributed by atoms with Gasteiger partial charge in [-0.2, -0.15) is 0 Å². The lowest BCUT2D eigenvalue weighted by Crippen LogP contribution is -2.50. The third kappa shape index (κ3) is 5.96. The number of rotatable bonds is 10. The fourth-order valence-electron chi connectivity index (χ4n) is 1.76. The minimum absolute atomic E-state index is 0.362. The average molecular weight is 249 g/mol. The van der Waals surface area contributed by atoms with Crippen molar-refractivity contribution in [3.05, 3.63) is 0 Å². The van der Waals surface area contributed by atoms with Crippen LogP contribution in [0.1, 0.15) is 34.6 Å². The molecule has 0 fully saturated rings. The van der Waals surface area contributed by atoms with Crippen molar-refractivity contribution in [3.63, 3.8) is 0 Å². The SMILES string of the molecule is CCNC(C)C[Si](OCC)(OCC)OCC. The van der Waals surface area contributed by atoms with E-state index in [1.54, 1.807) is 0 Å². The van der Waals surface area contributed by atoms with Gasteiger partial charge in [-0.1, -0.05) is 6.92 Å². The number of nitrogens with one attached hydrogen (secondary N) is 1. The standard InChI is InChI=1S/C11H27NO3Si/c1-6-12-11(5)10-16(13-7-2,14-8-3)15-9-4/h11-12H,6-10H2,1-5H3. The van der Waals surface area contributed by atoms with Gasteiger partial charge in [0.1, 0.15) is 0 Å². The first-order valence-corrected chi connectivity index (χ1v) is 8.22. The minimum Gasteiger partial charge on any atom is -0.374 e. The van der Waals surface area contributed by atoms with Crippen molar-refractivity contribution >= 4 is 8.80 Å². The normalized spacial score (nSPS) is 14.1. The molecule has 0 amide bonds. The molecule has 0 aliphatic heterocycles. The second-order valence-corrected chi connectivity index (χ2v) is 6.29. The van der Waals surface area contributed by atoms with Gasteiger partial charge in [-0.25, -0.2) is 0 Å². The van der Waals surface area contributed by atoms with Crippen molar-refractivity contribution in [1.82, 2.24) is 5.32 Å². The Kier molecular flexibility index (Phi) is 9.16. The Bertz CT molecular complexity index is 152. The Balaban J connectivity index is 4.44. The van der Waals surface area contributed by atoms with E-state index in [0.717, 1.165) is 12.6 Å². The Hall–Kier alpha value is 0.0569. The summed E-state index contributed by atoms with van der Waals surface area (Å²) in [5.41, 5.74) is 0. The maximum absolute atomic E-state index is 5.78. The molecule has 1 unspecified atom stereocenters. The van der Waals surface area contributed by atoms with Crippen molar-refractivity contribution in [2.45, 2.75) is 46.7 Å². The lowest BCUT2D eigenvalue weighted by atomic mass is 10.4. The molecule has 0 rings (SSSR count). The Morgan fingerprint density at radius 2 is 1.38 bits per heavy atom. The number of hydrogen-bond donors (Lipinski definition) is 1. The highest BCUT2D eigenvalue weighted by Gasteiger charge is 2.41. The van der Waals surface area contributed by atoms with E-state index in [-0.39, 0.29) is 0 Å². The van der Waals surface area contributed by atoms with Crippen molar-refractivity contribution in [2.24, 2.45) is 0 Å². The fourth-order valence-corrected chi connectivity index (χ4v) is 4.57. The van der Waals surface area contributed by atoms with E-state index in [1.165, 1.54) is 0 Å². The predicted molar refractivity (Wildman–Crippen MR) is 68.6 cm³/mol. The monoisotopic (exact) mass is 249 g/mol. The lowest BCUT2D eigenvalue weighted by Gasteiger charge is -2.30. The molecule has 16 heavy (non-hydrogen) atoms. The molecular formula is C11H27NO3Si. The Morgan fingerprint density at radius 1 is 0.938 bits per heavy atom. The van der Waals surface area contributed by atoms with Gasteiger partial charge in [0.05, 0.1) is 0 Å². The summed E-state index contributed by atoms with van der Waals surface area (Å²) in [5.74, 6) is 0. The van der Waals surface area contributed by atoms with E-state index in [0.29, 0.717) is 25.9 Å². The van der Waals surface area contributed by atoms with E-state index in [4.69, 9.17) is 13.3 Å². The zero-order chi connectivity index (χ0) is 12.4. The maximum Gasteiger partial charge on any atom is 0.502 e. The molecule has 0 saturated heterocycles. The van der Waals surface area contributed by atoms with Crippen LogP contribution < -0.4 is 5.32 Å². The highest BCUT2D eigenvalue weighted by atomic mass is 28.4. The van der Waals surface area contributed by atoms with Crippen molar-refractivity contribution in [2.75, 3.05) is 26.4 Å². The molecule has 98 valence electrons. The van der Waals surface area contributed by atoms with Gasteiger partial charge >= 0.3 is 8.80 Å². The van der Waals surface area contributed by atoms with Crippen LogP contribution in [0.2, 0.25) is 6.04 Å². The topological polar surface area (TPSA) is 39.7 Å². The molecule has 1 atom stereocenters. The van der Waals surface area contributed by atoms with Crippen LogP contribution in [0.15, 0.2) is 0 Å². The van der Waals surface area contributed by atoms with Crippen LogP contribution in [0.5, 0.6) is 0 Å². The lowest BCUT2D eigenvalue weighted by molar-refractivity contribution is 0.0691. The van der Waals surface area contributed by atoms with E-state index >= 15 is 0 Å². The zero-order valence-electron chi connectivity index (χ0n) is 11.3. The first-order chi connectivity index (χ1) is 7.64. The molecule has 0 aromatic heterocycles. The third-order valence-corrected chi connectivity index (χ3v) is 5.50. The van der Waals surface area contributed by atoms with E-state index < -0.39 is 8.80 Å². The van der Waals surface area contributed by atoms with E-state index in [1.807, 2.05) is 20.8 Å². The Morgan fingerprint density at radius 3 is 1.69 bits per heavy atom. The van der Waals surface area contributed by atoms with Gasteiger partial charge in [-0.15, -0.1) is 0 Å². The highest BCUT2D eigenvalue weighted by molar-refractivity contribution is 6.60. The predicted octanol–water partition coefficient (Wildman–Crippen LogP) is 2.03. The summed E-state index contributed by atoms with van der Waals surface area (Å²) in [5, 5.41) is 3.37. The van der Waals surface area contributed by atoms with Crippen LogP contribution in [0.3, 0.4) is 0 Å². The second-order valence-electron chi connectivity index (χ2n) is 3.64. The van der Waals surface area contributed by atoms with Crippen LogP contribution in [0.4, 0.5) is 0 Å². The van der Waals surface area contributed by atoms with E-state index in [2.05, 4.69) is 19.2 Å². The van der Waals surface area contributed by atoms with Crippen LogP contribution >= 0.6 is 0 Å². The highest BCUT2D eigenvalue weighted by Crippen LogP contribution is 2.18. The summed E-state index contributed by atoms with van der Waals surface area (Å²) in [6.07, 6.45) is 0. The van der Waals surface area contributed by atoms with Gasteiger partial charge in [0.25, 0.3) is 0 Å². The largest absolute Gasteiger partial charge is 0.502 e. The fraction of sp³-hybridized carbons (Fsp3) is 1.00. The van der Waals surface area contributed by atoms with Crippen molar-refractivity contribution in [1.29, 1.82) is 0 Å². The molecule has 0 aliphatic carbocycles. The van der Waals surface area contributed by atoms with Gasteiger partial charge in [0.15, 0.2) is 0 Å². The smallest absolute Gasteiger partial charge is 0.374 e. The van der Waals surface area contributed by atoms with Crippen LogP contribution in [-0.4, -0.2) is 41.2 Å². The molecule has 5 heteroatoms. The summed E-state index contributed by atoms with van der Waals surface area (Å²) in [7, 11) is -2.46. The molecule has 4 nitrogen and oxygen atoms in total. The van der Waals surface area contributed by atoms with Crippen LogP contribution in [0.25, 0.3) is 0 Å². The summed E-state index contributed by atoms with van der Waals surface area (Å²) in [6, 6.07) is 1.19. The molecule has 0 aromatic rings. The van der Waals surface area contributed by atoms with Crippen LogP contribution in [0, 0.1) is 0 Å². The van der Waals surface area contributed by atoms with Crippen molar-refractivity contribution in [3.8, 4) is 0 Å². The summed E-state index contributed by atoms with van der Waals surface area (Å²) < 4.78 is 17.3. The third-order valence-electron chi connectivity index (χ3n) is 2.20. The first kappa shape index (κ1) is 16.1. The summed E-state index contributed by atoms with van der Waals surface area (Å²) in [6.45, 7) is 13.1.